The van der Waals surface area contributed by atoms with Crippen molar-refractivity contribution in [1.29, 1.82) is 0 Å². The molecule has 0 radical (unpaired) electrons. The van der Waals surface area contributed by atoms with E-state index in [2.05, 4.69) is 67.8 Å². The van der Waals surface area contributed by atoms with E-state index in [1.165, 1.54) is 56.0 Å². The first-order valence-electron chi connectivity index (χ1n) is 19.2. The Bertz CT molecular complexity index is 1200. The van der Waals surface area contributed by atoms with Gasteiger partial charge in [0.25, 0.3) is 17.7 Å². The first-order valence-corrected chi connectivity index (χ1v) is 19.2. The molecule has 4 aliphatic rings. The van der Waals surface area contributed by atoms with E-state index in [1.54, 1.807) is 14.1 Å². The fourth-order valence-electron chi connectivity index (χ4n) is 5.81. The summed E-state index contributed by atoms with van der Waals surface area (Å²) in [6.45, 7) is 16.0. The SMILES string of the molecule is C1CCCCC1.C=C(NC(=O)/C(=C/NC)NC)C(=O)NCC(=O)N1CC[C@H](CCC)C1C(=O)NCC1OC(=O)N(C2CC2)C1=O.CC(C)C.CCC. The molecule has 2 saturated heterocycles. The third-order valence-corrected chi connectivity index (χ3v) is 8.34. The van der Waals surface area contributed by atoms with E-state index in [-0.39, 0.29) is 29.9 Å². The molecule has 0 aromatic carbocycles. The Morgan fingerprint density at radius 1 is 0.904 bits per heavy atom. The highest BCUT2D eigenvalue weighted by Crippen LogP contribution is 2.32. The molecule has 2 aliphatic heterocycles. The molecule has 0 aromatic rings. The Kier molecular flexibility index (Phi) is 22.1. The maximum atomic E-state index is 13.2. The maximum absolute atomic E-state index is 13.2. The highest BCUT2D eigenvalue weighted by Gasteiger charge is 2.48. The Balaban J connectivity index is 0.000000881. The molecule has 3 atom stereocenters. The van der Waals surface area contributed by atoms with Crippen molar-refractivity contribution in [2.45, 2.75) is 137 Å². The number of ether oxygens (including phenoxy) is 1. The quantitative estimate of drug-likeness (QED) is 0.175. The van der Waals surface area contributed by atoms with Gasteiger partial charge in [-0.05, 0) is 37.5 Å². The number of likely N-dealkylation sites (tertiary alicyclic amines) is 1. The number of nitrogens with zero attached hydrogens (tertiary/aromatic N) is 2. The van der Waals surface area contributed by atoms with E-state index in [0.29, 0.717) is 19.4 Å². The van der Waals surface area contributed by atoms with Gasteiger partial charge in [-0.2, -0.15) is 0 Å². The molecule has 4 rings (SSSR count). The molecule has 4 fully saturated rings. The second-order valence-corrected chi connectivity index (χ2v) is 14.2. The van der Waals surface area contributed by atoms with Crippen molar-refractivity contribution < 1.29 is 33.5 Å². The lowest BCUT2D eigenvalue weighted by Crippen LogP contribution is -2.52. The monoisotopic (exact) mass is 734 g/mol. The average molecular weight is 734 g/mol. The molecule has 2 saturated carbocycles. The fourth-order valence-corrected chi connectivity index (χ4v) is 5.81. The van der Waals surface area contributed by atoms with Gasteiger partial charge in [-0.25, -0.2) is 9.69 Å². The Morgan fingerprint density at radius 3 is 1.94 bits per heavy atom. The van der Waals surface area contributed by atoms with Crippen LogP contribution in [0.25, 0.3) is 0 Å². The van der Waals surface area contributed by atoms with Crippen LogP contribution < -0.4 is 26.6 Å². The van der Waals surface area contributed by atoms with Crippen molar-refractivity contribution in [3.05, 3.63) is 24.2 Å². The van der Waals surface area contributed by atoms with Crippen molar-refractivity contribution in [3.8, 4) is 0 Å². The average Bonchev–Trinajstić information content (AvgIpc) is 3.78. The highest BCUT2D eigenvalue weighted by atomic mass is 16.6. The van der Waals surface area contributed by atoms with Crippen LogP contribution in [0.3, 0.4) is 0 Å². The van der Waals surface area contributed by atoms with Gasteiger partial charge in [0.15, 0.2) is 6.10 Å². The van der Waals surface area contributed by atoms with Crippen LogP contribution in [-0.4, -0.2) is 97.3 Å². The summed E-state index contributed by atoms with van der Waals surface area (Å²) in [6, 6.07) is -0.925. The van der Waals surface area contributed by atoms with Crippen LogP contribution in [0, 0.1) is 11.8 Å². The zero-order valence-electron chi connectivity index (χ0n) is 33.0. The lowest BCUT2D eigenvalue weighted by Gasteiger charge is -2.28. The first kappa shape index (κ1) is 45.9. The molecule has 2 aliphatic carbocycles. The van der Waals surface area contributed by atoms with Crippen LogP contribution in [0.1, 0.15) is 119 Å². The molecular formula is C38H67N7O7. The normalized spacial score (nSPS) is 20.9. The number of amides is 6. The van der Waals surface area contributed by atoms with E-state index in [1.807, 2.05) is 6.92 Å². The number of hydrogen-bond acceptors (Lipinski definition) is 9. The largest absolute Gasteiger partial charge is 0.434 e. The number of rotatable bonds is 13. The molecule has 0 bridgehead atoms. The first-order chi connectivity index (χ1) is 24.8. The number of carbonyl (C=O) groups is 6. The number of carbonyl (C=O) groups excluding carboxylic acids is 6. The number of likely N-dealkylation sites (N-methyl/N-ethyl adjacent to an activating group) is 1. The highest BCUT2D eigenvalue weighted by molar-refractivity contribution is 6.03. The summed E-state index contributed by atoms with van der Waals surface area (Å²) in [5, 5.41) is 12.8. The van der Waals surface area contributed by atoms with Crippen LogP contribution in [0.4, 0.5) is 4.79 Å². The lowest BCUT2D eigenvalue weighted by atomic mass is 9.94. The lowest BCUT2D eigenvalue weighted by molar-refractivity contribution is -0.140. The van der Waals surface area contributed by atoms with Gasteiger partial charge in [-0.3, -0.25) is 24.0 Å². The molecule has 0 spiro atoms. The summed E-state index contributed by atoms with van der Waals surface area (Å²) in [5.74, 6) is -2.01. The summed E-state index contributed by atoms with van der Waals surface area (Å²) in [6.07, 6.45) is 13.5. The number of imide groups is 1. The zero-order valence-corrected chi connectivity index (χ0v) is 33.0. The van der Waals surface area contributed by atoms with Crippen LogP contribution in [0.5, 0.6) is 0 Å². The summed E-state index contributed by atoms with van der Waals surface area (Å²) in [7, 11) is 3.15. The third kappa shape index (κ3) is 16.1. The zero-order chi connectivity index (χ0) is 39.2. The molecule has 14 nitrogen and oxygen atoms in total. The standard InChI is InChI=1S/C25H37N7O7.C6H12.C4H10.C3H8/c1-5-6-15-9-10-31(19(33)13-29-21(34)14(2)30-22(35)17(27-4)11-26-3)20(15)23(36)28-12-18-24(37)32(16-7-8-16)25(38)39-18;1-2-4-6-5-3-1;1-4(2)3;1-3-2/h11,15-16,18,20,26-27H,2,5-10,12-13H2,1,3-4H3,(H,28,36)(H,29,34)(H,30,35);1-6H2;4H,1-3H3;3H2,1-2H3/b17-11-;;;/t15-,18?,20?;;;/m0.../s1. The molecule has 2 unspecified atom stereocenters. The predicted molar refractivity (Wildman–Crippen MR) is 202 cm³/mol. The van der Waals surface area contributed by atoms with Crippen LogP contribution in [0.2, 0.25) is 0 Å². The molecule has 2 heterocycles. The Labute approximate surface area is 311 Å². The molecule has 52 heavy (non-hydrogen) atoms. The van der Waals surface area contributed by atoms with E-state index in [0.717, 1.165) is 30.1 Å². The molecule has 0 aromatic heterocycles. The third-order valence-electron chi connectivity index (χ3n) is 8.34. The maximum Gasteiger partial charge on any atom is 0.417 e. The minimum absolute atomic E-state index is 0.104. The van der Waals surface area contributed by atoms with E-state index < -0.39 is 54.3 Å². The number of hydrogen-bond donors (Lipinski definition) is 5. The second-order valence-electron chi connectivity index (χ2n) is 14.2. The molecular weight excluding hydrogens is 666 g/mol. The Hall–Kier alpha value is -4.10. The van der Waals surface area contributed by atoms with Gasteiger partial charge >= 0.3 is 6.09 Å². The van der Waals surface area contributed by atoms with Crippen molar-refractivity contribution in [1.82, 2.24) is 36.4 Å². The van der Waals surface area contributed by atoms with Crippen molar-refractivity contribution in [2.24, 2.45) is 11.8 Å². The van der Waals surface area contributed by atoms with Gasteiger partial charge in [0.1, 0.15) is 11.7 Å². The van der Waals surface area contributed by atoms with Crippen molar-refractivity contribution in [2.75, 3.05) is 33.7 Å². The van der Waals surface area contributed by atoms with Gasteiger partial charge in [0.05, 0.1) is 18.8 Å². The van der Waals surface area contributed by atoms with Gasteiger partial charge in [0, 0.05) is 32.9 Å². The van der Waals surface area contributed by atoms with E-state index >= 15 is 0 Å². The number of nitrogens with one attached hydrogen (secondary N) is 5. The van der Waals surface area contributed by atoms with Crippen molar-refractivity contribution in [3.63, 3.8) is 0 Å². The minimum atomic E-state index is -1.09. The fraction of sp³-hybridized carbons (Fsp3) is 0.737. The molecule has 6 amide bonds. The van der Waals surface area contributed by atoms with Gasteiger partial charge in [0.2, 0.25) is 11.8 Å². The summed E-state index contributed by atoms with van der Waals surface area (Å²) in [5.41, 5.74) is -0.0784. The van der Waals surface area contributed by atoms with Crippen LogP contribution in [-0.2, 0) is 28.7 Å². The van der Waals surface area contributed by atoms with Crippen molar-refractivity contribution >= 4 is 35.6 Å². The van der Waals surface area contributed by atoms with Crippen LogP contribution >= 0.6 is 0 Å². The predicted octanol–water partition coefficient (Wildman–Crippen LogP) is 4.08. The summed E-state index contributed by atoms with van der Waals surface area (Å²) < 4.78 is 5.15. The molecule has 296 valence electrons. The Morgan fingerprint density at radius 2 is 1.46 bits per heavy atom. The minimum Gasteiger partial charge on any atom is -0.434 e. The number of cyclic esters (lactones) is 1. The second kappa shape index (κ2) is 25.0. The van der Waals surface area contributed by atoms with E-state index in [4.69, 9.17) is 4.74 Å². The van der Waals surface area contributed by atoms with E-state index in [9.17, 15) is 28.8 Å². The smallest absolute Gasteiger partial charge is 0.417 e. The molecule has 14 heteroatoms. The summed E-state index contributed by atoms with van der Waals surface area (Å²) in [4.78, 5) is 77.9. The van der Waals surface area contributed by atoms with Gasteiger partial charge < -0.3 is 36.2 Å². The van der Waals surface area contributed by atoms with Gasteiger partial charge in [-0.1, -0.05) is 99.5 Å². The van der Waals surface area contributed by atoms with Gasteiger partial charge in [-0.15, -0.1) is 0 Å². The molecule has 5 N–H and O–H groups in total. The topological polar surface area (TPSA) is 178 Å². The van der Waals surface area contributed by atoms with Crippen LogP contribution in [0.15, 0.2) is 24.2 Å². The summed E-state index contributed by atoms with van der Waals surface area (Å²) >= 11 is 0.